The average molecular weight is 350 g/mol. The number of benzene rings is 1. The van der Waals surface area contributed by atoms with Crippen LogP contribution in [0, 0.1) is 20.8 Å². The molecule has 2 aromatic rings. The molecular weight excluding hydrogens is 334 g/mol. The highest BCUT2D eigenvalue weighted by molar-refractivity contribution is 9.10. The van der Waals surface area contributed by atoms with Crippen LogP contribution >= 0.6 is 15.9 Å². The normalized spacial score (nSPS) is 10.5. The van der Waals surface area contributed by atoms with Crippen molar-refractivity contribution in [3.8, 4) is 0 Å². The molecule has 21 heavy (non-hydrogen) atoms. The molecule has 5 nitrogen and oxygen atoms in total. The number of Topliss-reactive ketones (excluding diaryl/α,β-unsaturated/α-hetero) is 1. The first-order valence-electron chi connectivity index (χ1n) is 6.43. The Morgan fingerprint density at radius 1 is 1.24 bits per heavy atom. The summed E-state index contributed by atoms with van der Waals surface area (Å²) in [7, 11) is 1.74. The Bertz CT molecular complexity index is 735. The first-order valence-corrected chi connectivity index (χ1v) is 7.22. The maximum Gasteiger partial charge on any atom is 0.296 e. The molecule has 2 rings (SSSR count). The summed E-state index contributed by atoms with van der Waals surface area (Å²) in [5, 5.41) is 6.77. The van der Waals surface area contributed by atoms with Gasteiger partial charge in [-0.25, -0.2) is 0 Å². The predicted molar refractivity (Wildman–Crippen MR) is 84.5 cm³/mol. The fourth-order valence-electron chi connectivity index (χ4n) is 2.07. The lowest BCUT2D eigenvalue weighted by molar-refractivity contribution is -0.112. The first-order chi connectivity index (χ1) is 9.81. The van der Waals surface area contributed by atoms with Crippen molar-refractivity contribution < 1.29 is 9.59 Å². The van der Waals surface area contributed by atoms with Crippen molar-refractivity contribution in [2.45, 2.75) is 20.8 Å². The Morgan fingerprint density at radius 2 is 1.90 bits per heavy atom. The summed E-state index contributed by atoms with van der Waals surface area (Å²) in [6.45, 7) is 5.43. The van der Waals surface area contributed by atoms with Gasteiger partial charge >= 0.3 is 0 Å². The minimum atomic E-state index is -0.662. The fourth-order valence-corrected chi connectivity index (χ4v) is 2.45. The molecule has 0 aliphatic heterocycles. The number of halogens is 1. The van der Waals surface area contributed by atoms with Gasteiger partial charge in [-0.1, -0.05) is 22.0 Å². The minimum Gasteiger partial charge on any atom is -0.319 e. The SMILES string of the molecule is Cc1ccc(NC(=O)C(=O)c2c(C)nn(C)c2C)cc1Br. The molecule has 0 aliphatic rings. The third-order valence-corrected chi connectivity index (χ3v) is 4.23. The number of carbonyl (C=O) groups excluding carboxylic acids is 2. The quantitative estimate of drug-likeness (QED) is 0.684. The van der Waals surface area contributed by atoms with Gasteiger partial charge in [0.05, 0.1) is 11.3 Å². The van der Waals surface area contributed by atoms with Gasteiger partial charge in [-0.15, -0.1) is 0 Å². The number of amides is 1. The molecule has 0 saturated carbocycles. The van der Waals surface area contributed by atoms with Crippen molar-refractivity contribution in [2.24, 2.45) is 7.05 Å². The highest BCUT2D eigenvalue weighted by atomic mass is 79.9. The Balaban J connectivity index is 2.23. The molecule has 0 saturated heterocycles. The molecular formula is C15H16BrN3O2. The van der Waals surface area contributed by atoms with Gasteiger partial charge in [0.15, 0.2) is 0 Å². The Labute approximate surface area is 131 Å². The first kappa shape index (κ1) is 15.4. The molecule has 1 amide bonds. The van der Waals surface area contributed by atoms with Crippen LogP contribution in [0.4, 0.5) is 5.69 Å². The molecule has 1 heterocycles. The molecule has 1 aromatic heterocycles. The van der Waals surface area contributed by atoms with Crippen molar-refractivity contribution in [3.63, 3.8) is 0 Å². The van der Waals surface area contributed by atoms with Crippen LogP contribution < -0.4 is 5.32 Å². The molecule has 0 atom stereocenters. The van der Waals surface area contributed by atoms with Crippen LogP contribution in [0.5, 0.6) is 0 Å². The van der Waals surface area contributed by atoms with Crippen LogP contribution in [0.2, 0.25) is 0 Å². The number of anilines is 1. The average Bonchev–Trinajstić information content (AvgIpc) is 2.67. The second-order valence-corrected chi connectivity index (χ2v) is 5.77. The summed E-state index contributed by atoms with van der Waals surface area (Å²) in [6.07, 6.45) is 0. The number of ketones is 1. The summed E-state index contributed by atoms with van der Waals surface area (Å²) in [4.78, 5) is 24.4. The Kier molecular flexibility index (Phi) is 4.27. The molecule has 0 aliphatic carbocycles. The predicted octanol–water partition coefficient (Wildman–Crippen LogP) is 2.93. The molecule has 0 spiro atoms. The number of aryl methyl sites for hydroxylation is 3. The molecule has 1 N–H and O–H groups in total. The molecule has 110 valence electrons. The van der Waals surface area contributed by atoms with E-state index >= 15 is 0 Å². The zero-order chi connectivity index (χ0) is 15.7. The lowest BCUT2D eigenvalue weighted by Crippen LogP contribution is -2.24. The number of hydrogen-bond donors (Lipinski definition) is 1. The zero-order valence-electron chi connectivity index (χ0n) is 12.3. The molecule has 0 unspecified atom stereocenters. The largest absolute Gasteiger partial charge is 0.319 e. The van der Waals surface area contributed by atoms with E-state index in [9.17, 15) is 9.59 Å². The lowest BCUT2D eigenvalue weighted by atomic mass is 10.1. The minimum absolute atomic E-state index is 0.362. The second kappa shape index (κ2) is 5.81. The van der Waals surface area contributed by atoms with Crippen molar-refractivity contribution >= 4 is 33.3 Å². The summed E-state index contributed by atoms with van der Waals surface area (Å²) in [5.74, 6) is -1.24. The van der Waals surface area contributed by atoms with E-state index in [0.717, 1.165) is 10.0 Å². The van der Waals surface area contributed by atoms with Crippen LogP contribution in [-0.4, -0.2) is 21.5 Å². The van der Waals surface area contributed by atoms with Gasteiger partial charge in [0.1, 0.15) is 0 Å². The molecule has 0 bridgehead atoms. The molecule has 0 fully saturated rings. The number of hydrogen-bond acceptors (Lipinski definition) is 3. The van der Waals surface area contributed by atoms with Gasteiger partial charge in [-0.05, 0) is 38.5 Å². The summed E-state index contributed by atoms with van der Waals surface area (Å²) in [5.41, 5.74) is 3.22. The number of carbonyl (C=O) groups is 2. The third kappa shape index (κ3) is 3.05. The van der Waals surface area contributed by atoms with Crippen molar-refractivity contribution in [3.05, 3.63) is 45.2 Å². The summed E-state index contributed by atoms with van der Waals surface area (Å²) in [6, 6.07) is 5.39. The molecule has 1 aromatic carbocycles. The Hall–Kier alpha value is -1.95. The fraction of sp³-hybridized carbons (Fsp3) is 0.267. The van der Waals surface area contributed by atoms with Gasteiger partial charge < -0.3 is 5.32 Å². The zero-order valence-corrected chi connectivity index (χ0v) is 13.9. The summed E-state index contributed by atoms with van der Waals surface area (Å²) < 4.78 is 2.47. The van der Waals surface area contributed by atoms with Gasteiger partial charge in [0.25, 0.3) is 11.7 Å². The van der Waals surface area contributed by atoms with E-state index in [1.807, 2.05) is 13.0 Å². The van der Waals surface area contributed by atoms with Crippen molar-refractivity contribution in [2.75, 3.05) is 5.32 Å². The van der Waals surface area contributed by atoms with Gasteiger partial charge in [-0.3, -0.25) is 14.3 Å². The van der Waals surface area contributed by atoms with Crippen LogP contribution in [0.25, 0.3) is 0 Å². The van der Waals surface area contributed by atoms with E-state index in [2.05, 4.69) is 26.3 Å². The van der Waals surface area contributed by atoms with Crippen molar-refractivity contribution in [1.29, 1.82) is 0 Å². The van der Waals surface area contributed by atoms with Crippen LogP contribution in [-0.2, 0) is 11.8 Å². The van der Waals surface area contributed by atoms with Gasteiger partial charge in [0, 0.05) is 22.9 Å². The van der Waals surface area contributed by atoms with Gasteiger partial charge in [-0.2, -0.15) is 5.10 Å². The Morgan fingerprint density at radius 3 is 2.43 bits per heavy atom. The molecule has 6 heteroatoms. The monoisotopic (exact) mass is 349 g/mol. The second-order valence-electron chi connectivity index (χ2n) is 4.92. The van der Waals surface area contributed by atoms with E-state index in [1.165, 1.54) is 0 Å². The maximum atomic E-state index is 12.3. The lowest BCUT2D eigenvalue weighted by Gasteiger charge is -2.06. The smallest absolute Gasteiger partial charge is 0.296 e. The standard InChI is InChI=1S/C15H16BrN3O2/c1-8-5-6-11(7-12(8)16)17-15(21)14(20)13-9(2)18-19(4)10(13)3/h5-7H,1-4H3,(H,17,21). The molecule has 0 radical (unpaired) electrons. The van der Waals surface area contributed by atoms with Crippen LogP contribution in [0.15, 0.2) is 22.7 Å². The third-order valence-electron chi connectivity index (χ3n) is 3.37. The number of aromatic nitrogens is 2. The van der Waals surface area contributed by atoms with Gasteiger partial charge in [0.2, 0.25) is 0 Å². The van der Waals surface area contributed by atoms with E-state index in [4.69, 9.17) is 0 Å². The van der Waals surface area contributed by atoms with E-state index in [1.54, 1.807) is 37.7 Å². The van der Waals surface area contributed by atoms with E-state index in [-0.39, 0.29) is 0 Å². The number of rotatable bonds is 3. The topological polar surface area (TPSA) is 64.0 Å². The van der Waals surface area contributed by atoms with Crippen LogP contribution in [0.3, 0.4) is 0 Å². The van der Waals surface area contributed by atoms with Crippen LogP contribution in [0.1, 0.15) is 27.3 Å². The highest BCUT2D eigenvalue weighted by Crippen LogP contribution is 2.21. The summed E-state index contributed by atoms with van der Waals surface area (Å²) >= 11 is 3.39. The van der Waals surface area contributed by atoms with E-state index in [0.29, 0.717) is 22.6 Å². The number of nitrogens with zero attached hydrogens (tertiary/aromatic N) is 2. The highest BCUT2D eigenvalue weighted by Gasteiger charge is 2.23. The number of nitrogens with one attached hydrogen (secondary N) is 1. The maximum absolute atomic E-state index is 12.3. The van der Waals surface area contributed by atoms with E-state index < -0.39 is 11.7 Å². The van der Waals surface area contributed by atoms with Crippen molar-refractivity contribution in [1.82, 2.24) is 9.78 Å².